The number of benzene rings is 2. The molecule has 1 aliphatic heterocycles. The molecular formula is C16H11ClN3O+. The van der Waals surface area contributed by atoms with E-state index in [4.69, 9.17) is 11.6 Å². The number of fused-ring (bicyclic) bond motifs is 3. The number of aromatic nitrogens is 2. The molecule has 1 unspecified atom stereocenters. The van der Waals surface area contributed by atoms with E-state index in [0.717, 1.165) is 16.6 Å². The lowest BCUT2D eigenvalue weighted by Gasteiger charge is -2.03. The molecular weight excluding hydrogens is 286 g/mol. The number of rotatable bonds is 1. The second-order valence-corrected chi connectivity index (χ2v) is 5.37. The molecule has 2 aromatic carbocycles. The number of nitrogens with zero attached hydrogens (tertiary/aromatic N) is 2. The summed E-state index contributed by atoms with van der Waals surface area (Å²) in [5.74, 6) is 0.676. The van der Waals surface area contributed by atoms with Gasteiger partial charge < -0.3 is 0 Å². The minimum Gasteiger partial charge on any atom is -0.254 e. The Morgan fingerprint density at radius 3 is 2.86 bits per heavy atom. The van der Waals surface area contributed by atoms with Crippen LogP contribution in [0.2, 0.25) is 5.02 Å². The average Bonchev–Trinajstić information content (AvgIpc) is 2.85. The first kappa shape index (κ1) is 12.3. The highest BCUT2D eigenvalue weighted by molar-refractivity contribution is 6.30. The Labute approximate surface area is 126 Å². The van der Waals surface area contributed by atoms with Crippen LogP contribution in [0.1, 0.15) is 16.4 Å². The van der Waals surface area contributed by atoms with Crippen molar-refractivity contribution in [2.24, 2.45) is 0 Å². The standard InChI is InChI=1S/C16H10ClN3O/c17-11-5-3-4-10(8-11)15-16(21)20-13-7-2-1-6-12(13)18-9-14(20)19-15/h1-9,15H/p+1. The zero-order valence-corrected chi connectivity index (χ0v) is 11.7. The second-order valence-electron chi connectivity index (χ2n) is 4.94. The van der Waals surface area contributed by atoms with E-state index in [-0.39, 0.29) is 5.91 Å². The quantitative estimate of drug-likeness (QED) is 0.702. The van der Waals surface area contributed by atoms with Crippen LogP contribution >= 0.6 is 11.6 Å². The van der Waals surface area contributed by atoms with E-state index in [1.54, 1.807) is 22.9 Å². The summed E-state index contributed by atoms with van der Waals surface area (Å²) >= 11 is 6.02. The molecule has 1 N–H and O–H groups in total. The van der Waals surface area contributed by atoms with Crippen molar-refractivity contribution in [1.29, 1.82) is 0 Å². The van der Waals surface area contributed by atoms with Crippen molar-refractivity contribution in [3.63, 3.8) is 0 Å². The predicted octanol–water partition coefficient (Wildman–Crippen LogP) is 2.98. The second kappa shape index (κ2) is 4.53. The Balaban J connectivity index is 1.87. The van der Waals surface area contributed by atoms with E-state index in [0.29, 0.717) is 10.8 Å². The molecule has 4 nitrogen and oxygen atoms in total. The number of nitrogens with one attached hydrogen (secondary N) is 1. The summed E-state index contributed by atoms with van der Waals surface area (Å²) in [4.78, 5) is 17.1. The van der Waals surface area contributed by atoms with Crippen molar-refractivity contribution in [1.82, 2.24) is 4.98 Å². The number of halogens is 1. The van der Waals surface area contributed by atoms with Crippen LogP contribution in [-0.4, -0.2) is 10.9 Å². The van der Waals surface area contributed by atoms with Crippen LogP contribution in [0.4, 0.5) is 5.82 Å². The zero-order valence-electron chi connectivity index (χ0n) is 11.0. The van der Waals surface area contributed by atoms with Gasteiger partial charge in [0, 0.05) is 10.6 Å². The molecule has 0 spiro atoms. The summed E-state index contributed by atoms with van der Waals surface area (Å²) < 4.78 is 1.67. The van der Waals surface area contributed by atoms with Crippen LogP contribution in [-0.2, 0) is 0 Å². The summed E-state index contributed by atoms with van der Waals surface area (Å²) in [6.07, 6.45) is 1.69. The Kier molecular flexibility index (Phi) is 2.65. The molecule has 5 heteroatoms. The molecule has 0 bridgehead atoms. The molecule has 1 aliphatic rings. The summed E-state index contributed by atoms with van der Waals surface area (Å²) in [6.45, 7) is 0. The lowest BCUT2D eigenvalue weighted by Crippen LogP contribution is -2.41. The largest absolute Gasteiger partial charge is 0.364 e. The van der Waals surface area contributed by atoms with Gasteiger partial charge in [-0.25, -0.2) is 9.78 Å². The van der Waals surface area contributed by atoms with Crippen molar-refractivity contribution >= 4 is 34.4 Å². The molecule has 0 saturated heterocycles. The van der Waals surface area contributed by atoms with Gasteiger partial charge in [0.2, 0.25) is 6.04 Å². The van der Waals surface area contributed by atoms with E-state index in [9.17, 15) is 4.79 Å². The lowest BCUT2D eigenvalue weighted by atomic mass is 10.1. The molecule has 0 aliphatic carbocycles. The number of anilines is 1. The fourth-order valence-electron chi connectivity index (χ4n) is 2.67. The number of hydrogen-bond acceptors (Lipinski definition) is 3. The maximum Gasteiger partial charge on any atom is 0.364 e. The fraction of sp³-hybridized carbons (Fsp3) is 0.0625. The average molecular weight is 297 g/mol. The number of hydrogen-bond donors (Lipinski definition) is 1. The van der Waals surface area contributed by atoms with Gasteiger partial charge in [-0.15, -0.1) is 0 Å². The maximum atomic E-state index is 12.8. The van der Waals surface area contributed by atoms with Crippen molar-refractivity contribution in [2.45, 2.75) is 6.04 Å². The Morgan fingerprint density at radius 1 is 1.14 bits per heavy atom. The summed E-state index contributed by atoms with van der Waals surface area (Å²) in [6, 6.07) is 14.5. The summed E-state index contributed by atoms with van der Waals surface area (Å²) in [7, 11) is 0. The molecule has 0 fully saturated rings. The highest BCUT2D eigenvalue weighted by atomic mass is 35.5. The topological polar surface area (TPSA) is 45.9 Å². The van der Waals surface area contributed by atoms with E-state index >= 15 is 0 Å². The van der Waals surface area contributed by atoms with Crippen molar-refractivity contribution < 1.29 is 9.36 Å². The summed E-state index contributed by atoms with van der Waals surface area (Å²) in [5.41, 5.74) is 2.44. The number of para-hydroxylation sites is 2. The molecule has 1 aromatic heterocycles. The van der Waals surface area contributed by atoms with Gasteiger partial charge in [-0.3, -0.25) is 5.32 Å². The maximum absolute atomic E-state index is 12.8. The van der Waals surface area contributed by atoms with Crippen molar-refractivity contribution in [2.75, 3.05) is 5.32 Å². The Morgan fingerprint density at radius 2 is 2.00 bits per heavy atom. The predicted molar refractivity (Wildman–Crippen MR) is 80.4 cm³/mol. The normalized spacial score (nSPS) is 16.8. The third-order valence-electron chi connectivity index (χ3n) is 3.63. The zero-order chi connectivity index (χ0) is 14.4. The summed E-state index contributed by atoms with van der Waals surface area (Å²) in [5, 5.41) is 3.83. The monoisotopic (exact) mass is 296 g/mol. The van der Waals surface area contributed by atoms with Crippen LogP contribution in [0.25, 0.3) is 11.0 Å². The van der Waals surface area contributed by atoms with Gasteiger partial charge in [-0.2, -0.15) is 4.57 Å². The lowest BCUT2D eigenvalue weighted by molar-refractivity contribution is -0.524. The van der Waals surface area contributed by atoms with Gasteiger partial charge in [0.1, 0.15) is 11.7 Å². The molecule has 0 radical (unpaired) electrons. The molecule has 102 valence electrons. The van der Waals surface area contributed by atoms with E-state index in [1.807, 2.05) is 36.4 Å². The smallest absolute Gasteiger partial charge is 0.254 e. The molecule has 0 amide bonds. The molecule has 4 rings (SSSR count). The highest BCUT2D eigenvalue weighted by Crippen LogP contribution is 2.26. The Bertz CT molecular complexity index is 878. The minimum atomic E-state index is -0.434. The first-order valence-corrected chi connectivity index (χ1v) is 6.98. The van der Waals surface area contributed by atoms with Gasteiger partial charge in [0.15, 0.2) is 5.52 Å². The van der Waals surface area contributed by atoms with Crippen LogP contribution in [0.15, 0.2) is 54.7 Å². The molecule has 1 atom stereocenters. The first-order valence-electron chi connectivity index (χ1n) is 6.60. The van der Waals surface area contributed by atoms with Crippen LogP contribution in [0, 0.1) is 0 Å². The van der Waals surface area contributed by atoms with Gasteiger partial charge >= 0.3 is 11.7 Å². The van der Waals surface area contributed by atoms with Gasteiger partial charge in [-0.05, 0) is 24.3 Å². The Hall–Kier alpha value is -2.46. The van der Waals surface area contributed by atoms with Crippen LogP contribution < -0.4 is 9.88 Å². The van der Waals surface area contributed by atoms with E-state index < -0.39 is 6.04 Å². The molecule has 2 heterocycles. The van der Waals surface area contributed by atoms with Gasteiger partial charge in [-0.1, -0.05) is 35.9 Å². The number of carbonyl (C=O) groups excluding carboxylic acids is 1. The van der Waals surface area contributed by atoms with Crippen molar-refractivity contribution in [3.05, 3.63) is 65.3 Å². The fourth-order valence-corrected chi connectivity index (χ4v) is 2.87. The van der Waals surface area contributed by atoms with E-state index in [2.05, 4.69) is 10.3 Å². The molecule has 0 saturated carbocycles. The third kappa shape index (κ3) is 1.87. The van der Waals surface area contributed by atoms with Crippen molar-refractivity contribution in [3.8, 4) is 0 Å². The van der Waals surface area contributed by atoms with Crippen LogP contribution in [0.3, 0.4) is 0 Å². The first-order chi connectivity index (χ1) is 10.2. The van der Waals surface area contributed by atoms with Gasteiger partial charge in [0.05, 0.1) is 0 Å². The molecule has 21 heavy (non-hydrogen) atoms. The SMILES string of the molecule is O=C1C(c2cccc(Cl)c2)Nc2cnc3ccccc3[n+]21. The highest BCUT2D eigenvalue weighted by Gasteiger charge is 2.40. The number of carbonyl (C=O) groups is 1. The third-order valence-corrected chi connectivity index (χ3v) is 3.87. The van der Waals surface area contributed by atoms with E-state index in [1.165, 1.54) is 0 Å². The van der Waals surface area contributed by atoms with Gasteiger partial charge in [0.25, 0.3) is 0 Å². The molecule has 3 aromatic rings. The minimum absolute atomic E-state index is 0.0223. The van der Waals surface area contributed by atoms with Crippen LogP contribution in [0.5, 0.6) is 0 Å².